The third-order valence-electron chi connectivity index (χ3n) is 3.34. The van der Waals surface area contributed by atoms with Gasteiger partial charge in [-0.25, -0.2) is 0 Å². The summed E-state index contributed by atoms with van der Waals surface area (Å²) in [4.78, 5) is 12.7. The van der Waals surface area contributed by atoms with Crippen molar-refractivity contribution in [2.45, 2.75) is 12.8 Å². The van der Waals surface area contributed by atoms with Gasteiger partial charge in [0.05, 0.1) is 4.99 Å². The molecule has 4 nitrogen and oxygen atoms in total. The van der Waals surface area contributed by atoms with Crippen molar-refractivity contribution in [2.24, 2.45) is 11.1 Å². The Balaban J connectivity index is 2.19. The number of carbonyl (C=O) groups is 1. The van der Waals surface area contributed by atoms with E-state index in [1.165, 1.54) is 0 Å². The smallest absolute Gasteiger partial charge is 0.237 e. The van der Waals surface area contributed by atoms with Crippen molar-refractivity contribution in [3.63, 3.8) is 0 Å². The molecule has 1 saturated heterocycles. The van der Waals surface area contributed by atoms with Crippen LogP contribution in [0.15, 0.2) is 24.3 Å². The topological polar surface area (TPSA) is 64.4 Å². The van der Waals surface area contributed by atoms with Crippen molar-refractivity contribution < 1.29 is 9.53 Å². The van der Waals surface area contributed by atoms with Gasteiger partial charge in [0.1, 0.15) is 5.41 Å². The van der Waals surface area contributed by atoms with Crippen molar-refractivity contribution in [1.82, 2.24) is 0 Å². The van der Waals surface area contributed by atoms with E-state index >= 15 is 0 Å². The van der Waals surface area contributed by atoms with Crippen molar-refractivity contribution in [1.29, 1.82) is 0 Å². The van der Waals surface area contributed by atoms with Crippen LogP contribution in [0.3, 0.4) is 0 Å². The van der Waals surface area contributed by atoms with Gasteiger partial charge in [-0.05, 0) is 31.0 Å². The van der Waals surface area contributed by atoms with Crippen LogP contribution in [0.4, 0.5) is 5.69 Å². The second-order valence-corrected chi connectivity index (χ2v) is 5.40. The average Bonchev–Trinajstić information content (AvgIpc) is 2.39. The fourth-order valence-electron chi connectivity index (χ4n) is 2.12. The number of ether oxygens (including phenoxy) is 1. The van der Waals surface area contributed by atoms with Gasteiger partial charge < -0.3 is 15.8 Å². The number of thiocarbonyl (C=S) groups is 1. The fourth-order valence-corrected chi connectivity index (χ4v) is 2.61. The first-order valence-electron chi connectivity index (χ1n) is 5.99. The molecule has 102 valence electrons. The van der Waals surface area contributed by atoms with Gasteiger partial charge in [0.25, 0.3) is 0 Å². The average molecular weight is 299 g/mol. The Kier molecular flexibility index (Phi) is 4.39. The summed E-state index contributed by atoms with van der Waals surface area (Å²) >= 11 is 11.0. The molecule has 0 aliphatic carbocycles. The highest BCUT2D eigenvalue weighted by molar-refractivity contribution is 7.80. The highest BCUT2D eigenvalue weighted by atomic mass is 35.5. The molecule has 0 bridgehead atoms. The van der Waals surface area contributed by atoms with Gasteiger partial charge >= 0.3 is 0 Å². The van der Waals surface area contributed by atoms with Crippen molar-refractivity contribution in [3.8, 4) is 0 Å². The molecule has 0 radical (unpaired) electrons. The summed E-state index contributed by atoms with van der Waals surface area (Å²) in [5, 5.41) is 3.39. The standard InChI is InChI=1S/C13H15ClN2O2S/c14-9-2-1-3-10(8-9)16-12(17)13(11(15)19)4-6-18-7-5-13/h1-3,8H,4-7H2,(H2,15,19)(H,16,17). The first-order chi connectivity index (χ1) is 9.04. The molecule has 0 atom stereocenters. The highest BCUT2D eigenvalue weighted by Crippen LogP contribution is 2.32. The number of rotatable bonds is 3. The molecule has 3 N–H and O–H groups in total. The molecule has 1 aliphatic heterocycles. The fraction of sp³-hybridized carbons (Fsp3) is 0.385. The van der Waals surface area contributed by atoms with Gasteiger partial charge in [-0.1, -0.05) is 29.9 Å². The molecule has 0 spiro atoms. The van der Waals surface area contributed by atoms with E-state index in [9.17, 15) is 4.79 Å². The maximum Gasteiger partial charge on any atom is 0.237 e. The second-order valence-electron chi connectivity index (χ2n) is 4.52. The van der Waals surface area contributed by atoms with E-state index in [0.717, 1.165) is 0 Å². The first kappa shape index (κ1) is 14.2. The quantitative estimate of drug-likeness (QED) is 0.841. The molecule has 1 aromatic rings. The summed E-state index contributed by atoms with van der Waals surface area (Å²) in [6, 6.07) is 6.98. The number of amides is 1. The third-order valence-corrected chi connectivity index (χ3v) is 3.96. The lowest BCUT2D eigenvalue weighted by Gasteiger charge is -2.34. The zero-order valence-corrected chi connectivity index (χ0v) is 11.9. The molecule has 0 saturated carbocycles. The predicted octanol–water partition coefficient (Wildman–Crippen LogP) is 2.36. The SMILES string of the molecule is NC(=S)C1(C(=O)Nc2cccc(Cl)c2)CCOCC1. The molecule has 1 fully saturated rings. The molecule has 1 aromatic carbocycles. The molecule has 1 aliphatic rings. The van der Waals surface area contributed by atoms with E-state index in [1.807, 2.05) is 0 Å². The summed E-state index contributed by atoms with van der Waals surface area (Å²) in [5.74, 6) is -0.189. The van der Waals surface area contributed by atoms with Crippen LogP contribution in [0.1, 0.15) is 12.8 Å². The second kappa shape index (κ2) is 5.86. The van der Waals surface area contributed by atoms with Crippen molar-refractivity contribution in [2.75, 3.05) is 18.5 Å². The number of carbonyl (C=O) groups excluding carboxylic acids is 1. The molecule has 1 heterocycles. The Labute approximate surface area is 122 Å². The molecular weight excluding hydrogens is 284 g/mol. The highest BCUT2D eigenvalue weighted by Gasteiger charge is 2.43. The lowest BCUT2D eigenvalue weighted by Crippen LogP contribution is -2.49. The largest absolute Gasteiger partial charge is 0.392 e. The van der Waals surface area contributed by atoms with E-state index in [4.69, 9.17) is 34.3 Å². The lowest BCUT2D eigenvalue weighted by atomic mass is 9.79. The van der Waals surface area contributed by atoms with Crippen molar-refractivity contribution in [3.05, 3.63) is 29.3 Å². The van der Waals surface area contributed by atoms with E-state index < -0.39 is 5.41 Å². The molecule has 1 amide bonds. The summed E-state index contributed by atoms with van der Waals surface area (Å²) in [5.41, 5.74) is 5.59. The Morgan fingerprint density at radius 2 is 2.11 bits per heavy atom. The molecule has 6 heteroatoms. The maximum atomic E-state index is 12.5. The maximum absolute atomic E-state index is 12.5. The summed E-state index contributed by atoms with van der Waals surface area (Å²) in [6.45, 7) is 0.973. The summed E-state index contributed by atoms with van der Waals surface area (Å²) < 4.78 is 5.28. The number of hydrogen-bond donors (Lipinski definition) is 2. The number of halogens is 1. The first-order valence-corrected chi connectivity index (χ1v) is 6.78. The van der Waals surface area contributed by atoms with E-state index in [-0.39, 0.29) is 10.9 Å². The van der Waals surface area contributed by atoms with Gasteiger partial charge in [0.15, 0.2) is 0 Å². The van der Waals surface area contributed by atoms with Gasteiger partial charge in [-0.15, -0.1) is 0 Å². The van der Waals surface area contributed by atoms with Crippen LogP contribution >= 0.6 is 23.8 Å². The zero-order valence-electron chi connectivity index (χ0n) is 10.3. The molecule has 0 aromatic heterocycles. The van der Waals surface area contributed by atoms with Crippen LogP contribution in [0.25, 0.3) is 0 Å². The van der Waals surface area contributed by atoms with E-state index in [1.54, 1.807) is 24.3 Å². The Bertz CT molecular complexity index is 501. The van der Waals surface area contributed by atoms with Gasteiger partial charge in [0, 0.05) is 23.9 Å². The molecule has 19 heavy (non-hydrogen) atoms. The van der Waals surface area contributed by atoms with Crippen LogP contribution in [-0.2, 0) is 9.53 Å². The monoisotopic (exact) mass is 298 g/mol. The van der Waals surface area contributed by atoms with Gasteiger partial charge in [-0.3, -0.25) is 4.79 Å². The number of nitrogens with two attached hydrogens (primary N) is 1. The Morgan fingerprint density at radius 1 is 1.42 bits per heavy atom. The number of hydrogen-bond acceptors (Lipinski definition) is 3. The molecular formula is C13H15ClN2O2S. The van der Waals surface area contributed by atoms with Crippen LogP contribution in [0.2, 0.25) is 5.02 Å². The van der Waals surface area contributed by atoms with Gasteiger partial charge in [0.2, 0.25) is 5.91 Å². The van der Waals surface area contributed by atoms with Crippen molar-refractivity contribution >= 4 is 40.4 Å². The number of anilines is 1. The zero-order chi connectivity index (χ0) is 13.9. The number of benzene rings is 1. The molecule has 0 unspecified atom stereocenters. The predicted molar refractivity (Wildman–Crippen MR) is 79.4 cm³/mol. The van der Waals surface area contributed by atoms with Gasteiger partial charge in [-0.2, -0.15) is 0 Å². The number of nitrogens with one attached hydrogen (secondary N) is 1. The van der Waals surface area contributed by atoms with Crippen LogP contribution in [-0.4, -0.2) is 24.1 Å². The summed E-state index contributed by atoms with van der Waals surface area (Å²) in [7, 11) is 0. The van der Waals surface area contributed by atoms with E-state index in [0.29, 0.717) is 36.8 Å². The normalized spacial score (nSPS) is 17.7. The Morgan fingerprint density at radius 3 is 2.68 bits per heavy atom. The minimum atomic E-state index is -0.824. The van der Waals surface area contributed by atoms with Crippen LogP contribution < -0.4 is 11.1 Å². The third kappa shape index (κ3) is 3.05. The Hall–Kier alpha value is -1.17. The minimum absolute atomic E-state index is 0.189. The summed E-state index contributed by atoms with van der Waals surface area (Å²) in [6.07, 6.45) is 1.02. The lowest BCUT2D eigenvalue weighted by molar-refractivity contribution is -0.126. The van der Waals surface area contributed by atoms with Crippen LogP contribution in [0.5, 0.6) is 0 Å². The van der Waals surface area contributed by atoms with E-state index in [2.05, 4.69) is 5.32 Å². The minimum Gasteiger partial charge on any atom is -0.392 e. The van der Waals surface area contributed by atoms with Crippen LogP contribution in [0, 0.1) is 5.41 Å². The molecule has 2 rings (SSSR count).